The van der Waals surface area contributed by atoms with Crippen molar-refractivity contribution in [2.24, 2.45) is 23.0 Å². The Hall–Kier alpha value is -2.35. The maximum atomic E-state index is 12.3. The van der Waals surface area contributed by atoms with E-state index < -0.39 is 16.6 Å². The fourth-order valence-corrected chi connectivity index (χ4v) is 7.83. The van der Waals surface area contributed by atoms with Crippen molar-refractivity contribution in [3.05, 3.63) is 52.1 Å². The largest absolute Gasteiger partial charge is 0.508 e. The van der Waals surface area contributed by atoms with Gasteiger partial charge in [-0.2, -0.15) is 0 Å². The van der Waals surface area contributed by atoms with Crippen LogP contribution in [0.15, 0.2) is 41.0 Å². The van der Waals surface area contributed by atoms with Gasteiger partial charge in [0.15, 0.2) is 5.78 Å². The van der Waals surface area contributed by atoms with E-state index in [0.717, 1.165) is 42.4 Å². The van der Waals surface area contributed by atoms with Gasteiger partial charge in [-0.3, -0.25) is 4.79 Å². The summed E-state index contributed by atoms with van der Waals surface area (Å²) in [6, 6.07) is 5.83. The van der Waals surface area contributed by atoms with Crippen LogP contribution in [-0.4, -0.2) is 27.1 Å². The lowest BCUT2D eigenvalue weighted by Crippen LogP contribution is -2.63. The van der Waals surface area contributed by atoms with Crippen LogP contribution in [0.25, 0.3) is 0 Å². The first-order chi connectivity index (χ1) is 15.5. The number of phenolic OH excluding ortho intramolecular Hbond substituents is 1. The van der Waals surface area contributed by atoms with Gasteiger partial charge in [0.2, 0.25) is 0 Å². The van der Waals surface area contributed by atoms with Gasteiger partial charge in [-0.25, -0.2) is 0 Å². The van der Waals surface area contributed by atoms with Crippen molar-refractivity contribution in [3.63, 3.8) is 0 Å². The minimum atomic E-state index is -1.07. The summed E-state index contributed by atoms with van der Waals surface area (Å²) in [5.74, 6) is 6.99. The van der Waals surface area contributed by atoms with Crippen LogP contribution >= 0.6 is 0 Å². The topological polar surface area (TPSA) is 83.5 Å². The minimum absolute atomic E-state index is 0.0120. The molecule has 0 amide bonds. The molecule has 0 bridgehead atoms. The standard InChI is InChI=1S/C29H35NO3/c1-5-11-28(33)12-10-25-27(28,4)16-23(19-6-9-24(32)17(2)13-19)26-21-8-7-20(31)14-22(21)18(3)15-29(25,26)30/h6,9,13-14,18,23,25,32-33H,7-8,10,12,15-16,30H2,1-4H3/t18-,23+,25?,27-,28-,29+/m0/s1. The molecule has 1 aromatic carbocycles. The number of hydrogen-bond acceptors (Lipinski definition) is 4. The van der Waals surface area contributed by atoms with Crippen molar-refractivity contribution in [3.8, 4) is 17.6 Å². The van der Waals surface area contributed by atoms with E-state index in [0.29, 0.717) is 12.8 Å². The monoisotopic (exact) mass is 445 g/mol. The van der Waals surface area contributed by atoms with Gasteiger partial charge in [0, 0.05) is 23.3 Å². The molecule has 33 heavy (non-hydrogen) atoms. The lowest BCUT2D eigenvalue weighted by Gasteiger charge is -2.59. The molecule has 6 atom stereocenters. The van der Waals surface area contributed by atoms with E-state index in [1.54, 1.807) is 13.0 Å². The lowest BCUT2D eigenvalue weighted by molar-refractivity contribution is -0.114. The maximum Gasteiger partial charge on any atom is 0.156 e. The van der Waals surface area contributed by atoms with Gasteiger partial charge in [0.05, 0.1) is 0 Å². The summed E-state index contributed by atoms with van der Waals surface area (Å²) in [6.45, 7) is 8.09. The molecule has 0 aromatic heterocycles. The van der Waals surface area contributed by atoms with E-state index >= 15 is 0 Å². The Morgan fingerprint density at radius 1 is 1.21 bits per heavy atom. The molecule has 4 aliphatic carbocycles. The van der Waals surface area contributed by atoms with Gasteiger partial charge >= 0.3 is 0 Å². The van der Waals surface area contributed by atoms with E-state index in [1.165, 1.54) is 11.1 Å². The summed E-state index contributed by atoms with van der Waals surface area (Å²) < 4.78 is 0. The second-order valence-corrected chi connectivity index (χ2v) is 11.2. The summed E-state index contributed by atoms with van der Waals surface area (Å²) >= 11 is 0. The Morgan fingerprint density at radius 3 is 2.67 bits per heavy atom. The summed E-state index contributed by atoms with van der Waals surface area (Å²) in [5, 5.41) is 22.0. The van der Waals surface area contributed by atoms with Crippen LogP contribution in [0.5, 0.6) is 5.75 Å². The Bertz CT molecular complexity index is 1170. The van der Waals surface area contributed by atoms with Crippen LogP contribution in [0.2, 0.25) is 0 Å². The number of aromatic hydroxyl groups is 1. The Labute approximate surface area is 197 Å². The van der Waals surface area contributed by atoms with Crippen LogP contribution in [0.1, 0.15) is 76.3 Å². The number of aliphatic hydroxyl groups is 1. The third kappa shape index (κ3) is 3.02. The number of fused-ring (bicyclic) bond motifs is 4. The molecule has 0 spiro atoms. The molecule has 174 valence electrons. The lowest BCUT2D eigenvalue weighted by atomic mass is 9.47. The number of allylic oxidation sites excluding steroid dienone is 3. The average Bonchev–Trinajstić information content (AvgIpc) is 3.01. The van der Waals surface area contributed by atoms with Gasteiger partial charge in [-0.1, -0.05) is 31.9 Å². The van der Waals surface area contributed by atoms with E-state index in [1.807, 2.05) is 19.1 Å². The number of ketones is 1. The second kappa shape index (κ2) is 7.32. The first kappa shape index (κ1) is 22.4. The smallest absolute Gasteiger partial charge is 0.156 e. The molecule has 4 aliphatic rings. The molecule has 0 radical (unpaired) electrons. The van der Waals surface area contributed by atoms with Gasteiger partial charge < -0.3 is 15.9 Å². The molecular weight excluding hydrogens is 410 g/mol. The van der Waals surface area contributed by atoms with Crippen molar-refractivity contribution < 1.29 is 15.0 Å². The SMILES string of the molecule is CC#C[C@]1(O)CCC2[C@]1(C)C[C@H](c1ccc(O)c(C)c1)C1=C3CCC(=O)C=C3[C@@H](C)C[C@]12N. The predicted octanol–water partition coefficient (Wildman–Crippen LogP) is 4.68. The highest BCUT2D eigenvalue weighted by atomic mass is 16.3. The third-order valence-electron chi connectivity index (χ3n) is 9.35. The molecule has 0 saturated heterocycles. The van der Waals surface area contributed by atoms with Crippen molar-refractivity contribution in [2.45, 2.75) is 83.3 Å². The van der Waals surface area contributed by atoms with Gasteiger partial charge in [-0.05, 0) is 97.8 Å². The van der Waals surface area contributed by atoms with E-state index in [2.05, 4.69) is 31.8 Å². The molecule has 0 heterocycles. The zero-order valence-electron chi connectivity index (χ0n) is 20.2. The van der Waals surface area contributed by atoms with E-state index in [-0.39, 0.29) is 29.3 Å². The van der Waals surface area contributed by atoms with Crippen LogP contribution in [-0.2, 0) is 4.79 Å². The molecule has 4 N–H and O–H groups in total. The van der Waals surface area contributed by atoms with Crippen molar-refractivity contribution in [1.82, 2.24) is 0 Å². The van der Waals surface area contributed by atoms with Crippen LogP contribution < -0.4 is 5.73 Å². The third-order valence-corrected chi connectivity index (χ3v) is 9.35. The highest BCUT2D eigenvalue weighted by molar-refractivity contribution is 5.93. The number of phenols is 1. The summed E-state index contributed by atoms with van der Waals surface area (Å²) in [7, 11) is 0. The summed E-state index contributed by atoms with van der Waals surface area (Å²) in [4.78, 5) is 12.3. The predicted molar refractivity (Wildman–Crippen MR) is 129 cm³/mol. The molecule has 2 fully saturated rings. The van der Waals surface area contributed by atoms with E-state index in [4.69, 9.17) is 5.73 Å². The Morgan fingerprint density at radius 2 is 1.97 bits per heavy atom. The quantitative estimate of drug-likeness (QED) is 0.548. The van der Waals surface area contributed by atoms with Crippen LogP contribution in [0, 0.1) is 36.0 Å². The normalized spacial score (nSPS) is 39.8. The number of aryl methyl sites for hydroxylation is 1. The average molecular weight is 446 g/mol. The van der Waals surface area contributed by atoms with E-state index in [9.17, 15) is 15.0 Å². The Balaban J connectivity index is 1.78. The Kier molecular flexibility index (Phi) is 4.98. The maximum absolute atomic E-state index is 12.3. The number of carbonyl (C=O) groups excluding carboxylic acids is 1. The first-order valence-electron chi connectivity index (χ1n) is 12.3. The summed E-state index contributed by atoms with van der Waals surface area (Å²) in [5.41, 5.74) is 11.1. The molecule has 4 heteroatoms. The number of nitrogens with two attached hydrogens (primary N) is 1. The van der Waals surface area contributed by atoms with Crippen LogP contribution in [0.3, 0.4) is 0 Å². The first-order valence-corrected chi connectivity index (χ1v) is 12.3. The van der Waals surface area contributed by atoms with Crippen molar-refractivity contribution in [2.75, 3.05) is 0 Å². The molecular formula is C29H35NO3. The van der Waals surface area contributed by atoms with Gasteiger partial charge in [0.25, 0.3) is 0 Å². The fourth-order valence-electron chi connectivity index (χ4n) is 7.83. The van der Waals surface area contributed by atoms with Crippen molar-refractivity contribution >= 4 is 5.78 Å². The van der Waals surface area contributed by atoms with Crippen molar-refractivity contribution in [1.29, 1.82) is 0 Å². The molecule has 5 rings (SSSR count). The zero-order chi connectivity index (χ0) is 23.8. The summed E-state index contributed by atoms with van der Waals surface area (Å²) in [6.07, 6.45) is 6.12. The highest BCUT2D eigenvalue weighted by Gasteiger charge is 2.67. The van der Waals surface area contributed by atoms with Gasteiger partial charge in [0.1, 0.15) is 11.4 Å². The van der Waals surface area contributed by atoms with Crippen LogP contribution in [0.4, 0.5) is 0 Å². The zero-order valence-corrected chi connectivity index (χ0v) is 20.2. The number of rotatable bonds is 1. The molecule has 2 saturated carbocycles. The molecule has 1 unspecified atom stereocenters. The second-order valence-electron chi connectivity index (χ2n) is 11.2. The number of hydrogen-bond donors (Lipinski definition) is 3. The number of benzene rings is 1. The van der Waals surface area contributed by atoms with Gasteiger partial charge in [-0.15, -0.1) is 5.92 Å². The fraction of sp³-hybridized carbons (Fsp3) is 0.552. The number of carbonyl (C=O) groups is 1. The molecule has 1 aromatic rings. The molecule has 4 nitrogen and oxygen atoms in total. The minimum Gasteiger partial charge on any atom is -0.508 e. The molecule has 0 aliphatic heterocycles. The highest BCUT2D eigenvalue weighted by Crippen LogP contribution is 2.67.